The van der Waals surface area contributed by atoms with E-state index < -0.39 is 11.7 Å². The molecular weight excluding hydrogens is 427 g/mol. The number of nitrogens with zero attached hydrogens (tertiary/aromatic N) is 5. The van der Waals surface area contributed by atoms with Gasteiger partial charge in [-0.05, 0) is 67.8 Å². The van der Waals surface area contributed by atoms with Crippen LogP contribution in [0.2, 0.25) is 0 Å². The standard InChI is InChI=1S/C25H24F3N5/c1-17-23(19-8-11-29-12-9-19)24-30-13-10-22(33(24)31-17)20-3-2-14-32(16-20)15-18-4-6-21(7-5-18)25(26,27)28/h4-13,20H,2-3,14-16H2,1H3. The molecule has 1 aliphatic rings. The van der Waals surface area contributed by atoms with Crippen LogP contribution in [-0.2, 0) is 12.7 Å². The molecule has 0 N–H and O–H groups in total. The fraction of sp³-hybridized carbons (Fsp3) is 0.320. The van der Waals surface area contributed by atoms with Crippen LogP contribution in [0.25, 0.3) is 16.8 Å². The van der Waals surface area contributed by atoms with Gasteiger partial charge in [0.25, 0.3) is 0 Å². The van der Waals surface area contributed by atoms with E-state index in [1.54, 1.807) is 24.5 Å². The maximum absolute atomic E-state index is 12.9. The molecule has 8 heteroatoms. The summed E-state index contributed by atoms with van der Waals surface area (Å²) in [7, 11) is 0. The SMILES string of the molecule is Cc1nn2c(C3CCCN(Cc4ccc(C(F)(F)F)cc4)C3)ccnc2c1-c1ccncc1. The Labute approximate surface area is 189 Å². The topological polar surface area (TPSA) is 46.3 Å². The molecule has 0 amide bonds. The number of fused-ring (bicyclic) bond motifs is 1. The van der Waals surface area contributed by atoms with E-state index in [1.165, 1.54) is 0 Å². The van der Waals surface area contributed by atoms with Crippen molar-refractivity contribution in [3.05, 3.63) is 83.6 Å². The van der Waals surface area contributed by atoms with Crippen molar-refractivity contribution < 1.29 is 13.2 Å². The minimum absolute atomic E-state index is 0.267. The maximum atomic E-state index is 12.9. The van der Waals surface area contributed by atoms with Gasteiger partial charge in [-0.2, -0.15) is 18.3 Å². The van der Waals surface area contributed by atoms with E-state index in [9.17, 15) is 13.2 Å². The van der Waals surface area contributed by atoms with Crippen molar-refractivity contribution in [1.82, 2.24) is 24.5 Å². The summed E-state index contributed by atoms with van der Waals surface area (Å²) in [6, 6.07) is 11.4. The number of benzene rings is 1. The van der Waals surface area contributed by atoms with Crippen LogP contribution in [-0.4, -0.2) is 37.6 Å². The average molecular weight is 451 g/mol. The quantitative estimate of drug-likeness (QED) is 0.411. The summed E-state index contributed by atoms with van der Waals surface area (Å²) in [4.78, 5) is 11.0. The Bertz CT molecular complexity index is 1250. The molecule has 5 nitrogen and oxygen atoms in total. The van der Waals surface area contributed by atoms with E-state index in [0.717, 1.165) is 71.8 Å². The van der Waals surface area contributed by atoms with Gasteiger partial charge in [-0.1, -0.05) is 12.1 Å². The second-order valence-electron chi connectivity index (χ2n) is 8.57. The van der Waals surface area contributed by atoms with Gasteiger partial charge in [-0.25, -0.2) is 9.50 Å². The molecule has 4 heterocycles. The monoisotopic (exact) mass is 451 g/mol. The van der Waals surface area contributed by atoms with E-state index in [4.69, 9.17) is 5.10 Å². The van der Waals surface area contributed by atoms with E-state index in [0.29, 0.717) is 6.54 Å². The summed E-state index contributed by atoms with van der Waals surface area (Å²) in [6.07, 6.45) is 3.12. The zero-order valence-electron chi connectivity index (χ0n) is 18.3. The Kier molecular flexibility index (Phi) is 5.62. The van der Waals surface area contributed by atoms with E-state index in [1.807, 2.05) is 35.8 Å². The Morgan fingerprint density at radius 3 is 2.48 bits per heavy atom. The van der Waals surface area contributed by atoms with Gasteiger partial charge in [0.2, 0.25) is 0 Å². The molecule has 0 saturated carbocycles. The highest BCUT2D eigenvalue weighted by molar-refractivity contribution is 5.79. The number of aromatic nitrogens is 4. The van der Waals surface area contributed by atoms with Crippen LogP contribution in [0.3, 0.4) is 0 Å². The number of likely N-dealkylation sites (tertiary alicyclic amines) is 1. The highest BCUT2D eigenvalue weighted by atomic mass is 19.4. The first-order valence-electron chi connectivity index (χ1n) is 11.0. The van der Waals surface area contributed by atoms with Gasteiger partial charge >= 0.3 is 6.18 Å². The number of alkyl halides is 3. The molecule has 1 unspecified atom stereocenters. The Hall–Kier alpha value is -3.26. The molecule has 0 spiro atoms. The minimum Gasteiger partial charge on any atom is -0.298 e. The predicted molar refractivity (Wildman–Crippen MR) is 120 cm³/mol. The van der Waals surface area contributed by atoms with Crippen LogP contribution in [0.1, 0.15) is 41.3 Å². The van der Waals surface area contributed by atoms with E-state index in [-0.39, 0.29) is 5.92 Å². The first-order valence-corrected chi connectivity index (χ1v) is 11.0. The molecule has 1 aromatic carbocycles. The molecule has 0 radical (unpaired) electrons. The number of pyridine rings is 1. The number of hydrogen-bond donors (Lipinski definition) is 0. The summed E-state index contributed by atoms with van der Waals surface area (Å²) < 4.78 is 40.5. The van der Waals surface area contributed by atoms with Crippen LogP contribution < -0.4 is 0 Å². The number of halogens is 3. The third kappa shape index (κ3) is 4.35. The van der Waals surface area contributed by atoms with Crippen LogP contribution in [0.4, 0.5) is 13.2 Å². The molecule has 1 saturated heterocycles. The zero-order valence-corrected chi connectivity index (χ0v) is 18.3. The first kappa shape index (κ1) is 21.6. The minimum atomic E-state index is -4.31. The highest BCUT2D eigenvalue weighted by Crippen LogP contribution is 2.33. The van der Waals surface area contributed by atoms with Crippen molar-refractivity contribution in [2.24, 2.45) is 0 Å². The fourth-order valence-corrected chi connectivity index (χ4v) is 4.73. The predicted octanol–water partition coefficient (Wildman–Crippen LogP) is 5.50. The number of rotatable bonds is 4. The molecule has 5 rings (SSSR count). The van der Waals surface area contributed by atoms with E-state index in [2.05, 4.69) is 14.9 Å². The van der Waals surface area contributed by atoms with Crippen LogP contribution >= 0.6 is 0 Å². The molecule has 4 aromatic rings. The lowest BCUT2D eigenvalue weighted by Gasteiger charge is -2.33. The lowest BCUT2D eigenvalue weighted by molar-refractivity contribution is -0.137. The van der Waals surface area contributed by atoms with Crippen molar-refractivity contribution in [2.75, 3.05) is 13.1 Å². The summed E-state index contributed by atoms with van der Waals surface area (Å²) >= 11 is 0. The third-order valence-corrected chi connectivity index (χ3v) is 6.30. The van der Waals surface area contributed by atoms with Gasteiger partial charge < -0.3 is 0 Å². The first-order chi connectivity index (χ1) is 15.9. The highest BCUT2D eigenvalue weighted by Gasteiger charge is 2.30. The molecule has 3 aromatic heterocycles. The zero-order chi connectivity index (χ0) is 23.0. The smallest absolute Gasteiger partial charge is 0.298 e. The Morgan fingerprint density at radius 1 is 1.00 bits per heavy atom. The van der Waals surface area contributed by atoms with Gasteiger partial charge in [-0.15, -0.1) is 0 Å². The van der Waals surface area contributed by atoms with Gasteiger partial charge in [0.05, 0.1) is 17.0 Å². The lowest BCUT2D eigenvalue weighted by atomic mass is 9.94. The van der Waals surface area contributed by atoms with Gasteiger partial charge in [0, 0.05) is 43.2 Å². The number of hydrogen-bond acceptors (Lipinski definition) is 4. The van der Waals surface area contributed by atoms with Crippen molar-refractivity contribution in [1.29, 1.82) is 0 Å². The van der Waals surface area contributed by atoms with Crippen molar-refractivity contribution in [2.45, 2.75) is 38.4 Å². The van der Waals surface area contributed by atoms with Crippen LogP contribution in [0.15, 0.2) is 61.1 Å². The number of aryl methyl sites for hydroxylation is 1. The van der Waals surface area contributed by atoms with Crippen LogP contribution in [0.5, 0.6) is 0 Å². The largest absolute Gasteiger partial charge is 0.416 e. The third-order valence-electron chi connectivity index (χ3n) is 6.30. The second kappa shape index (κ2) is 8.59. The molecular formula is C25H24F3N5. The van der Waals surface area contributed by atoms with Gasteiger partial charge in [0.15, 0.2) is 5.65 Å². The maximum Gasteiger partial charge on any atom is 0.416 e. The van der Waals surface area contributed by atoms with Crippen molar-refractivity contribution in [3.63, 3.8) is 0 Å². The summed E-state index contributed by atoms with van der Waals surface area (Å²) in [6.45, 7) is 4.37. The summed E-state index contributed by atoms with van der Waals surface area (Å²) in [5.41, 5.74) is 5.18. The molecule has 33 heavy (non-hydrogen) atoms. The van der Waals surface area contributed by atoms with Crippen LogP contribution in [0, 0.1) is 6.92 Å². The molecule has 170 valence electrons. The molecule has 1 fully saturated rings. The molecule has 1 atom stereocenters. The van der Waals surface area contributed by atoms with Crippen molar-refractivity contribution in [3.8, 4) is 11.1 Å². The van der Waals surface area contributed by atoms with Gasteiger partial charge in [-0.3, -0.25) is 9.88 Å². The Morgan fingerprint density at radius 2 is 1.76 bits per heavy atom. The molecule has 0 aliphatic carbocycles. The average Bonchev–Trinajstić information content (AvgIpc) is 3.15. The second-order valence-corrected chi connectivity index (χ2v) is 8.57. The van der Waals surface area contributed by atoms with Gasteiger partial charge in [0.1, 0.15) is 0 Å². The van der Waals surface area contributed by atoms with E-state index >= 15 is 0 Å². The van der Waals surface area contributed by atoms with Crippen molar-refractivity contribution >= 4 is 5.65 Å². The normalized spacial score (nSPS) is 17.5. The summed E-state index contributed by atoms with van der Waals surface area (Å²) in [5.74, 6) is 0.267. The lowest BCUT2D eigenvalue weighted by Crippen LogP contribution is -2.34. The molecule has 1 aliphatic heterocycles. The number of piperidine rings is 1. The summed E-state index contributed by atoms with van der Waals surface area (Å²) in [5, 5.41) is 4.82. The molecule has 0 bridgehead atoms. The Balaban J connectivity index is 1.39. The fourth-order valence-electron chi connectivity index (χ4n) is 4.73.